The van der Waals surface area contributed by atoms with E-state index in [0.717, 1.165) is 32.8 Å². The van der Waals surface area contributed by atoms with Gasteiger partial charge in [0, 0.05) is 31.1 Å². The van der Waals surface area contributed by atoms with E-state index in [4.69, 9.17) is 10.00 Å². The molecule has 1 aliphatic heterocycles. The predicted octanol–water partition coefficient (Wildman–Crippen LogP) is 3.17. The molecule has 24 heavy (non-hydrogen) atoms. The van der Waals surface area contributed by atoms with Crippen molar-refractivity contribution >= 4 is 11.3 Å². The average molecular weight is 341 g/mol. The first-order valence-corrected chi connectivity index (χ1v) is 9.23. The van der Waals surface area contributed by atoms with Gasteiger partial charge in [0.2, 0.25) is 0 Å². The number of benzene rings is 1. The van der Waals surface area contributed by atoms with E-state index in [9.17, 15) is 0 Å². The highest BCUT2D eigenvalue weighted by atomic mass is 32.1. The van der Waals surface area contributed by atoms with Gasteiger partial charge in [-0.15, -0.1) is 11.3 Å². The maximum atomic E-state index is 8.87. The number of nitrogens with one attached hydrogen (secondary N) is 1. The zero-order chi connectivity index (χ0) is 16.8. The van der Waals surface area contributed by atoms with Gasteiger partial charge in [0.25, 0.3) is 0 Å². The summed E-state index contributed by atoms with van der Waals surface area (Å²) in [6.07, 6.45) is 0.291. The number of morpholine rings is 1. The molecule has 5 heteroatoms. The van der Waals surface area contributed by atoms with Crippen LogP contribution < -0.4 is 5.32 Å². The molecule has 1 aromatic carbocycles. The summed E-state index contributed by atoms with van der Waals surface area (Å²) in [6, 6.07) is 14.7. The normalized spacial score (nSPS) is 19.8. The van der Waals surface area contributed by atoms with E-state index in [2.05, 4.69) is 40.7 Å². The van der Waals surface area contributed by atoms with Crippen molar-refractivity contribution in [3.8, 4) is 6.07 Å². The molecule has 0 bridgehead atoms. The molecule has 1 fully saturated rings. The Hall–Kier alpha value is -1.71. The van der Waals surface area contributed by atoms with E-state index < -0.39 is 0 Å². The molecule has 1 aliphatic rings. The summed E-state index contributed by atoms with van der Waals surface area (Å²) < 4.78 is 5.69. The van der Waals surface area contributed by atoms with Crippen molar-refractivity contribution in [2.75, 3.05) is 26.2 Å². The maximum absolute atomic E-state index is 8.87. The summed E-state index contributed by atoms with van der Waals surface area (Å²) in [7, 11) is 0. The summed E-state index contributed by atoms with van der Waals surface area (Å²) in [4.78, 5) is 3.92. The lowest BCUT2D eigenvalue weighted by molar-refractivity contribution is -0.0339. The summed E-state index contributed by atoms with van der Waals surface area (Å²) >= 11 is 1.82. The smallest absolute Gasteiger partial charge is 0.0991 e. The first kappa shape index (κ1) is 17.1. The van der Waals surface area contributed by atoms with Crippen LogP contribution in [0.5, 0.6) is 0 Å². The summed E-state index contributed by atoms with van der Waals surface area (Å²) in [5.41, 5.74) is 1.91. The molecule has 0 radical (unpaired) electrons. The van der Waals surface area contributed by atoms with Crippen LogP contribution in [0, 0.1) is 11.3 Å². The molecule has 0 spiro atoms. The second-order valence-corrected chi connectivity index (χ2v) is 7.13. The van der Waals surface area contributed by atoms with E-state index in [1.807, 2.05) is 35.6 Å². The minimum atomic E-state index is 0.291. The topological polar surface area (TPSA) is 48.3 Å². The highest BCUT2D eigenvalue weighted by Crippen LogP contribution is 2.26. The summed E-state index contributed by atoms with van der Waals surface area (Å²) in [5.74, 6) is 0. The van der Waals surface area contributed by atoms with Crippen molar-refractivity contribution < 1.29 is 4.74 Å². The molecule has 2 atom stereocenters. The zero-order valence-electron chi connectivity index (χ0n) is 13.9. The van der Waals surface area contributed by atoms with Gasteiger partial charge in [-0.3, -0.25) is 4.90 Å². The fourth-order valence-corrected chi connectivity index (χ4v) is 3.93. The SMILES string of the molecule is C[C@@H]1CN([C@H](CNCc2ccc(C#N)cc2)c2cccs2)CCO1. The van der Waals surface area contributed by atoms with E-state index >= 15 is 0 Å². The van der Waals surface area contributed by atoms with Crippen LogP contribution in [0.3, 0.4) is 0 Å². The Balaban J connectivity index is 1.60. The number of hydrogen-bond donors (Lipinski definition) is 1. The third kappa shape index (κ3) is 4.43. The second-order valence-electron chi connectivity index (χ2n) is 6.15. The van der Waals surface area contributed by atoms with Crippen molar-refractivity contribution in [3.05, 3.63) is 57.8 Å². The van der Waals surface area contributed by atoms with E-state index in [1.54, 1.807) is 0 Å². The Labute approximate surface area is 147 Å². The molecule has 4 nitrogen and oxygen atoms in total. The third-order valence-corrected chi connectivity index (χ3v) is 5.31. The van der Waals surface area contributed by atoms with Gasteiger partial charge in [0.15, 0.2) is 0 Å². The largest absolute Gasteiger partial charge is 0.376 e. The van der Waals surface area contributed by atoms with Crippen LogP contribution in [-0.2, 0) is 11.3 Å². The molecule has 3 rings (SSSR count). The molecular formula is C19H23N3OS. The number of nitriles is 1. The fraction of sp³-hybridized carbons (Fsp3) is 0.421. The van der Waals surface area contributed by atoms with E-state index in [-0.39, 0.29) is 0 Å². The molecule has 1 aromatic heterocycles. The minimum absolute atomic E-state index is 0.291. The molecule has 0 saturated carbocycles. The van der Waals surface area contributed by atoms with Crippen molar-refractivity contribution in [1.29, 1.82) is 5.26 Å². The predicted molar refractivity (Wildman–Crippen MR) is 96.9 cm³/mol. The van der Waals surface area contributed by atoms with Crippen LogP contribution in [0.4, 0.5) is 0 Å². The molecule has 1 saturated heterocycles. The van der Waals surface area contributed by atoms with Crippen molar-refractivity contribution in [1.82, 2.24) is 10.2 Å². The van der Waals surface area contributed by atoms with Crippen LogP contribution in [0.2, 0.25) is 0 Å². The standard InChI is InChI=1S/C19H23N3OS/c1-15-14-22(8-9-23-15)18(19-3-2-10-24-19)13-21-12-17-6-4-16(11-20)5-7-17/h2-7,10,15,18,21H,8-9,12-14H2,1H3/t15-,18-/m1/s1. The second kappa shape index (κ2) is 8.41. The molecule has 0 unspecified atom stereocenters. The quantitative estimate of drug-likeness (QED) is 0.877. The zero-order valence-corrected chi connectivity index (χ0v) is 14.8. The number of nitrogens with zero attached hydrogens (tertiary/aromatic N) is 2. The van der Waals surface area contributed by atoms with Crippen LogP contribution in [0.1, 0.15) is 29.0 Å². The molecule has 2 aromatic rings. The Morgan fingerprint density at radius 1 is 1.38 bits per heavy atom. The van der Waals surface area contributed by atoms with Gasteiger partial charge in [0.05, 0.1) is 30.4 Å². The van der Waals surface area contributed by atoms with Crippen molar-refractivity contribution in [3.63, 3.8) is 0 Å². The van der Waals surface area contributed by atoms with Gasteiger partial charge in [-0.2, -0.15) is 5.26 Å². The highest BCUT2D eigenvalue weighted by molar-refractivity contribution is 7.10. The lowest BCUT2D eigenvalue weighted by atomic mass is 10.1. The number of hydrogen-bond acceptors (Lipinski definition) is 5. The number of ether oxygens (including phenoxy) is 1. The fourth-order valence-electron chi connectivity index (χ4n) is 3.07. The van der Waals surface area contributed by atoms with Crippen LogP contribution in [-0.4, -0.2) is 37.2 Å². The Kier molecular flexibility index (Phi) is 6.00. The van der Waals surface area contributed by atoms with Crippen LogP contribution in [0.15, 0.2) is 41.8 Å². The lowest BCUT2D eigenvalue weighted by Gasteiger charge is -2.37. The Morgan fingerprint density at radius 2 is 2.21 bits per heavy atom. The molecule has 0 aliphatic carbocycles. The van der Waals surface area contributed by atoms with Gasteiger partial charge < -0.3 is 10.1 Å². The van der Waals surface area contributed by atoms with Gasteiger partial charge in [-0.25, -0.2) is 0 Å². The van der Waals surface area contributed by atoms with Gasteiger partial charge in [-0.05, 0) is 36.1 Å². The van der Waals surface area contributed by atoms with Gasteiger partial charge in [0.1, 0.15) is 0 Å². The van der Waals surface area contributed by atoms with Crippen molar-refractivity contribution in [2.24, 2.45) is 0 Å². The molecule has 2 heterocycles. The Morgan fingerprint density at radius 3 is 2.88 bits per heavy atom. The molecular weight excluding hydrogens is 318 g/mol. The Bertz CT molecular complexity index is 663. The average Bonchev–Trinajstić information content (AvgIpc) is 3.13. The molecule has 1 N–H and O–H groups in total. The highest BCUT2D eigenvalue weighted by Gasteiger charge is 2.25. The summed E-state index contributed by atoms with van der Waals surface area (Å²) in [5, 5.41) is 14.6. The van der Waals surface area contributed by atoms with Gasteiger partial charge in [-0.1, -0.05) is 18.2 Å². The van der Waals surface area contributed by atoms with E-state index in [1.165, 1.54) is 10.4 Å². The van der Waals surface area contributed by atoms with Gasteiger partial charge >= 0.3 is 0 Å². The van der Waals surface area contributed by atoms with Crippen LogP contribution >= 0.6 is 11.3 Å². The molecule has 126 valence electrons. The first-order chi connectivity index (χ1) is 11.8. The summed E-state index contributed by atoms with van der Waals surface area (Å²) in [6.45, 7) is 6.62. The number of rotatable bonds is 6. The van der Waals surface area contributed by atoms with Crippen LogP contribution in [0.25, 0.3) is 0 Å². The third-order valence-electron chi connectivity index (χ3n) is 4.33. The monoisotopic (exact) mass is 341 g/mol. The number of thiophene rings is 1. The molecule has 0 amide bonds. The lowest BCUT2D eigenvalue weighted by Crippen LogP contribution is -2.45. The van der Waals surface area contributed by atoms with E-state index in [0.29, 0.717) is 17.7 Å². The minimum Gasteiger partial charge on any atom is -0.376 e. The maximum Gasteiger partial charge on any atom is 0.0991 e. The van der Waals surface area contributed by atoms with Crippen molar-refractivity contribution in [2.45, 2.75) is 25.6 Å². The first-order valence-electron chi connectivity index (χ1n) is 8.35.